The molecule has 1 aliphatic rings. The standard InChI is InChI=1S/C11H11N3O3/c1-7(15)13-11-8-3-2-6-12-9(8)4-5-10(11)14(16)17/h2-5,12H,6H2,1H3,(H,13,15). The number of hydrogen-bond acceptors (Lipinski definition) is 4. The molecule has 1 aromatic rings. The van der Waals surface area contributed by atoms with Crippen LogP contribution in [0, 0.1) is 10.1 Å². The molecule has 2 N–H and O–H groups in total. The number of hydrogen-bond donors (Lipinski definition) is 2. The Morgan fingerprint density at radius 2 is 2.29 bits per heavy atom. The summed E-state index contributed by atoms with van der Waals surface area (Å²) in [5, 5.41) is 16.5. The zero-order valence-electron chi connectivity index (χ0n) is 9.19. The van der Waals surface area contributed by atoms with Gasteiger partial charge in [-0.2, -0.15) is 0 Å². The summed E-state index contributed by atoms with van der Waals surface area (Å²) >= 11 is 0. The van der Waals surface area contributed by atoms with Crippen molar-refractivity contribution in [2.45, 2.75) is 6.92 Å². The molecule has 0 aromatic heterocycles. The van der Waals surface area contributed by atoms with E-state index in [9.17, 15) is 14.9 Å². The van der Waals surface area contributed by atoms with E-state index in [0.717, 1.165) is 5.69 Å². The van der Waals surface area contributed by atoms with Gasteiger partial charge in [-0.05, 0) is 6.07 Å². The van der Waals surface area contributed by atoms with Crippen LogP contribution in [-0.2, 0) is 4.79 Å². The lowest BCUT2D eigenvalue weighted by Gasteiger charge is -2.16. The molecule has 88 valence electrons. The minimum atomic E-state index is -0.506. The second-order valence-electron chi connectivity index (χ2n) is 3.64. The Hall–Kier alpha value is -2.37. The number of amides is 1. The molecule has 0 atom stereocenters. The maximum atomic E-state index is 11.1. The van der Waals surface area contributed by atoms with Crippen LogP contribution in [0.15, 0.2) is 18.2 Å². The molecule has 0 saturated carbocycles. The highest BCUT2D eigenvalue weighted by Gasteiger charge is 2.21. The van der Waals surface area contributed by atoms with Gasteiger partial charge in [0.05, 0.1) is 4.92 Å². The van der Waals surface area contributed by atoms with Gasteiger partial charge in [0.15, 0.2) is 0 Å². The molecule has 1 aliphatic heterocycles. The Balaban J connectivity index is 2.60. The molecule has 0 radical (unpaired) electrons. The highest BCUT2D eigenvalue weighted by atomic mass is 16.6. The van der Waals surface area contributed by atoms with Crippen molar-refractivity contribution in [1.82, 2.24) is 0 Å². The highest BCUT2D eigenvalue weighted by molar-refractivity contribution is 5.97. The molecule has 0 bridgehead atoms. The molecule has 1 amide bonds. The van der Waals surface area contributed by atoms with E-state index in [2.05, 4.69) is 10.6 Å². The molecule has 1 heterocycles. The van der Waals surface area contributed by atoms with E-state index in [4.69, 9.17) is 0 Å². The topological polar surface area (TPSA) is 84.3 Å². The van der Waals surface area contributed by atoms with Gasteiger partial charge in [-0.3, -0.25) is 14.9 Å². The van der Waals surface area contributed by atoms with Crippen LogP contribution in [0.4, 0.5) is 17.1 Å². The second-order valence-corrected chi connectivity index (χ2v) is 3.64. The number of nitro benzene ring substituents is 1. The number of carbonyl (C=O) groups is 1. The lowest BCUT2D eigenvalue weighted by molar-refractivity contribution is -0.383. The summed E-state index contributed by atoms with van der Waals surface area (Å²) in [7, 11) is 0. The van der Waals surface area contributed by atoms with E-state index in [1.165, 1.54) is 13.0 Å². The predicted octanol–water partition coefficient (Wildman–Crippen LogP) is 1.99. The van der Waals surface area contributed by atoms with Crippen LogP contribution in [-0.4, -0.2) is 17.4 Å². The third-order valence-corrected chi connectivity index (χ3v) is 2.42. The summed E-state index contributed by atoms with van der Waals surface area (Å²) < 4.78 is 0. The first-order valence-corrected chi connectivity index (χ1v) is 5.09. The average Bonchev–Trinajstić information content (AvgIpc) is 2.28. The molecule has 1 aromatic carbocycles. The normalized spacial score (nSPS) is 12.5. The van der Waals surface area contributed by atoms with E-state index in [-0.39, 0.29) is 17.3 Å². The average molecular weight is 233 g/mol. The largest absolute Gasteiger partial charge is 0.381 e. The number of fused-ring (bicyclic) bond motifs is 1. The molecule has 0 saturated heterocycles. The Bertz CT molecular complexity index is 523. The van der Waals surface area contributed by atoms with Gasteiger partial charge in [-0.1, -0.05) is 12.2 Å². The van der Waals surface area contributed by atoms with Gasteiger partial charge in [-0.25, -0.2) is 0 Å². The Kier molecular flexibility index (Phi) is 2.78. The van der Waals surface area contributed by atoms with Crippen molar-refractivity contribution in [1.29, 1.82) is 0 Å². The van der Waals surface area contributed by atoms with E-state index in [0.29, 0.717) is 12.1 Å². The lowest BCUT2D eigenvalue weighted by Crippen LogP contribution is -2.13. The molecule has 6 heteroatoms. The predicted molar refractivity (Wildman–Crippen MR) is 64.9 cm³/mol. The van der Waals surface area contributed by atoms with Gasteiger partial charge >= 0.3 is 0 Å². The maximum Gasteiger partial charge on any atom is 0.293 e. The number of nitrogens with one attached hydrogen (secondary N) is 2. The first kappa shape index (κ1) is 11.1. The van der Waals surface area contributed by atoms with Gasteiger partial charge in [0.1, 0.15) is 5.69 Å². The monoisotopic (exact) mass is 233 g/mol. The minimum absolute atomic E-state index is 0.104. The van der Waals surface area contributed by atoms with Gasteiger partial charge in [0.2, 0.25) is 5.91 Å². The Morgan fingerprint density at radius 1 is 1.53 bits per heavy atom. The van der Waals surface area contributed by atoms with E-state index >= 15 is 0 Å². The fraction of sp³-hybridized carbons (Fsp3) is 0.182. The van der Waals surface area contributed by atoms with Crippen molar-refractivity contribution in [2.24, 2.45) is 0 Å². The molecule has 0 fully saturated rings. The first-order chi connectivity index (χ1) is 8.09. The SMILES string of the molecule is CC(=O)Nc1c([N+](=O)[O-])ccc2c1C=CCN2. The molecule has 6 nitrogen and oxygen atoms in total. The summed E-state index contributed by atoms with van der Waals surface area (Å²) in [5.74, 6) is -0.333. The third-order valence-electron chi connectivity index (χ3n) is 2.42. The molecule has 0 spiro atoms. The summed E-state index contributed by atoms with van der Waals surface area (Å²) in [4.78, 5) is 21.5. The van der Waals surface area contributed by atoms with Gasteiger partial charge < -0.3 is 10.6 Å². The molecule has 0 unspecified atom stereocenters. The minimum Gasteiger partial charge on any atom is -0.381 e. The van der Waals surface area contributed by atoms with Crippen molar-refractivity contribution in [3.63, 3.8) is 0 Å². The van der Waals surface area contributed by atoms with E-state index < -0.39 is 4.92 Å². The van der Waals surface area contributed by atoms with Crippen molar-refractivity contribution in [3.8, 4) is 0 Å². The fourth-order valence-corrected chi connectivity index (χ4v) is 1.74. The number of anilines is 2. The fourth-order valence-electron chi connectivity index (χ4n) is 1.74. The Morgan fingerprint density at radius 3 is 2.94 bits per heavy atom. The summed E-state index contributed by atoms with van der Waals surface area (Å²) in [6, 6.07) is 3.03. The van der Waals surface area contributed by atoms with Crippen LogP contribution in [0.2, 0.25) is 0 Å². The zero-order valence-corrected chi connectivity index (χ0v) is 9.19. The van der Waals surface area contributed by atoms with Crippen LogP contribution in [0.25, 0.3) is 6.08 Å². The number of rotatable bonds is 2. The molecular formula is C11H11N3O3. The molecule has 17 heavy (non-hydrogen) atoms. The lowest BCUT2D eigenvalue weighted by atomic mass is 10.1. The smallest absolute Gasteiger partial charge is 0.293 e. The van der Waals surface area contributed by atoms with Crippen LogP contribution < -0.4 is 10.6 Å². The van der Waals surface area contributed by atoms with Crippen LogP contribution in [0.3, 0.4) is 0 Å². The van der Waals surface area contributed by atoms with Crippen molar-refractivity contribution in [3.05, 3.63) is 33.9 Å². The highest BCUT2D eigenvalue weighted by Crippen LogP contribution is 2.36. The quantitative estimate of drug-likeness (QED) is 0.604. The van der Waals surface area contributed by atoms with Gasteiger partial charge in [-0.15, -0.1) is 0 Å². The van der Waals surface area contributed by atoms with E-state index in [1.807, 2.05) is 6.08 Å². The maximum absolute atomic E-state index is 11.1. The van der Waals surface area contributed by atoms with E-state index in [1.54, 1.807) is 12.1 Å². The van der Waals surface area contributed by atoms with Gasteiger partial charge in [0.25, 0.3) is 5.69 Å². The van der Waals surface area contributed by atoms with Crippen LogP contribution in [0.5, 0.6) is 0 Å². The zero-order chi connectivity index (χ0) is 12.4. The summed E-state index contributed by atoms with van der Waals surface area (Å²) in [6.07, 6.45) is 3.61. The van der Waals surface area contributed by atoms with Crippen molar-refractivity contribution < 1.29 is 9.72 Å². The molecule has 0 aliphatic carbocycles. The molecule has 2 rings (SSSR count). The van der Waals surface area contributed by atoms with Gasteiger partial charge in [0, 0.05) is 30.8 Å². The third kappa shape index (κ3) is 2.10. The van der Waals surface area contributed by atoms with Crippen LogP contribution >= 0.6 is 0 Å². The number of nitro groups is 1. The van der Waals surface area contributed by atoms with Crippen molar-refractivity contribution >= 4 is 29.0 Å². The first-order valence-electron chi connectivity index (χ1n) is 5.09. The summed E-state index contributed by atoms with van der Waals surface area (Å²) in [5.41, 5.74) is 1.55. The molecular weight excluding hydrogens is 222 g/mol. The number of nitrogens with zero attached hydrogens (tertiary/aromatic N) is 1. The second kappa shape index (κ2) is 4.25. The van der Waals surface area contributed by atoms with Crippen molar-refractivity contribution in [2.75, 3.05) is 17.2 Å². The number of benzene rings is 1. The Labute approximate surface area is 97.5 Å². The number of carbonyl (C=O) groups excluding carboxylic acids is 1. The summed E-state index contributed by atoms with van der Waals surface area (Å²) in [6.45, 7) is 1.99. The van der Waals surface area contributed by atoms with Crippen LogP contribution in [0.1, 0.15) is 12.5 Å².